The monoisotopic (exact) mass is 236 g/mol. The Bertz CT molecular complexity index is 261. The van der Waals surface area contributed by atoms with E-state index in [1.54, 1.807) is 0 Å². The van der Waals surface area contributed by atoms with E-state index in [9.17, 15) is 8.42 Å². The molecular weight excluding hydrogens is 216 g/mol. The molecule has 0 aromatic carbocycles. The number of sulfonamides is 1. The van der Waals surface area contributed by atoms with Gasteiger partial charge in [-0.3, -0.25) is 0 Å². The zero-order valence-electron chi connectivity index (χ0n) is 9.16. The SMILES string of the molecule is CCNCCS(=O)(=O)NC1CCCOC1. The average Bonchev–Trinajstić information content (AvgIpc) is 2.18. The first-order valence-electron chi connectivity index (χ1n) is 5.42. The van der Waals surface area contributed by atoms with Gasteiger partial charge < -0.3 is 10.1 Å². The Labute approximate surface area is 91.6 Å². The van der Waals surface area contributed by atoms with Crippen molar-refractivity contribution >= 4 is 10.0 Å². The molecule has 0 bridgehead atoms. The van der Waals surface area contributed by atoms with Gasteiger partial charge in [0.15, 0.2) is 0 Å². The summed E-state index contributed by atoms with van der Waals surface area (Å²) in [6, 6.07) is -0.0367. The molecule has 1 saturated heterocycles. The van der Waals surface area contributed by atoms with Crippen molar-refractivity contribution < 1.29 is 13.2 Å². The van der Waals surface area contributed by atoms with Crippen molar-refractivity contribution in [3.63, 3.8) is 0 Å². The summed E-state index contributed by atoms with van der Waals surface area (Å²) >= 11 is 0. The van der Waals surface area contributed by atoms with Crippen LogP contribution in [-0.4, -0.2) is 46.5 Å². The van der Waals surface area contributed by atoms with Crippen LogP contribution in [0.1, 0.15) is 19.8 Å². The molecule has 0 saturated carbocycles. The van der Waals surface area contributed by atoms with Crippen LogP contribution in [-0.2, 0) is 14.8 Å². The Morgan fingerprint density at radius 1 is 1.47 bits per heavy atom. The third kappa shape index (κ3) is 5.46. The van der Waals surface area contributed by atoms with Crippen molar-refractivity contribution in [2.45, 2.75) is 25.8 Å². The van der Waals surface area contributed by atoms with Gasteiger partial charge in [-0.2, -0.15) is 0 Å². The number of rotatable bonds is 6. The molecule has 1 aliphatic rings. The van der Waals surface area contributed by atoms with Crippen molar-refractivity contribution in [2.75, 3.05) is 32.1 Å². The van der Waals surface area contributed by atoms with E-state index in [0.29, 0.717) is 13.2 Å². The summed E-state index contributed by atoms with van der Waals surface area (Å²) in [6.07, 6.45) is 1.81. The molecule has 90 valence electrons. The molecule has 0 spiro atoms. The zero-order valence-corrected chi connectivity index (χ0v) is 9.98. The molecule has 5 nitrogen and oxygen atoms in total. The van der Waals surface area contributed by atoms with Crippen LogP contribution in [0.2, 0.25) is 0 Å². The predicted octanol–water partition coefficient (Wildman–Crippen LogP) is -0.306. The summed E-state index contributed by atoms with van der Waals surface area (Å²) < 4.78 is 31.0. The molecule has 2 N–H and O–H groups in total. The van der Waals surface area contributed by atoms with Crippen LogP contribution in [0.3, 0.4) is 0 Å². The molecular formula is C9H20N2O3S. The molecule has 1 atom stereocenters. The summed E-state index contributed by atoms with van der Waals surface area (Å²) in [6.45, 7) is 4.49. The van der Waals surface area contributed by atoms with Crippen LogP contribution in [0.5, 0.6) is 0 Å². The van der Waals surface area contributed by atoms with Gasteiger partial charge in [-0.15, -0.1) is 0 Å². The second-order valence-corrected chi connectivity index (χ2v) is 5.58. The Morgan fingerprint density at radius 2 is 2.27 bits per heavy atom. The van der Waals surface area contributed by atoms with Crippen molar-refractivity contribution in [1.82, 2.24) is 10.0 Å². The highest BCUT2D eigenvalue weighted by Crippen LogP contribution is 2.06. The Balaban J connectivity index is 2.27. The van der Waals surface area contributed by atoms with Crippen LogP contribution in [0, 0.1) is 0 Å². The van der Waals surface area contributed by atoms with E-state index >= 15 is 0 Å². The van der Waals surface area contributed by atoms with Gasteiger partial charge in [0.2, 0.25) is 10.0 Å². The summed E-state index contributed by atoms with van der Waals surface area (Å²) in [5, 5.41) is 2.99. The molecule has 1 heterocycles. The van der Waals surface area contributed by atoms with Gasteiger partial charge in [0, 0.05) is 19.2 Å². The van der Waals surface area contributed by atoms with E-state index in [1.807, 2.05) is 6.92 Å². The molecule has 0 aliphatic carbocycles. The standard InChI is InChI=1S/C9H20N2O3S/c1-2-10-5-7-15(12,13)11-9-4-3-6-14-8-9/h9-11H,2-8H2,1H3. The fourth-order valence-corrected chi connectivity index (χ4v) is 2.75. The smallest absolute Gasteiger partial charge is 0.213 e. The van der Waals surface area contributed by atoms with E-state index < -0.39 is 10.0 Å². The van der Waals surface area contributed by atoms with Crippen molar-refractivity contribution in [3.05, 3.63) is 0 Å². The average molecular weight is 236 g/mol. The quantitative estimate of drug-likeness (QED) is 0.621. The fourth-order valence-electron chi connectivity index (χ4n) is 1.53. The molecule has 0 aromatic heterocycles. The topological polar surface area (TPSA) is 67.4 Å². The van der Waals surface area contributed by atoms with Crippen molar-refractivity contribution in [1.29, 1.82) is 0 Å². The van der Waals surface area contributed by atoms with E-state index in [4.69, 9.17) is 4.74 Å². The van der Waals surface area contributed by atoms with Crippen molar-refractivity contribution in [3.8, 4) is 0 Å². The molecule has 15 heavy (non-hydrogen) atoms. The normalized spacial score (nSPS) is 22.9. The van der Waals surface area contributed by atoms with Gasteiger partial charge in [-0.05, 0) is 19.4 Å². The highest BCUT2D eigenvalue weighted by molar-refractivity contribution is 7.89. The fraction of sp³-hybridized carbons (Fsp3) is 1.00. The minimum Gasteiger partial charge on any atom is -0.380 e. The van der Waals surface area contributed by atoms with Gasteiger partial charge in [-0.1, -0.05) is 6.92 Å². The zero-order chi connectivity index (χ0) is 11.1. The number of nitrogens with one attached hydrogen (secondary N) is 2. The van der Waals surface area contributed by atoms with Crippen LogP contribution in [0.15, 0.2) is 0 Å². The maximum Gasteiger partial charge on any atom is 0.213 e. The maximum atomic E-state index is 11.6. The lowest BCUT2D eigenvalue weighted by atomic mass is 10.1. The lowest BCUT2D eigenvalue weighted by Crippen LogP contribution is -2.43. The molecule has 0 aromatic rings. The first-order valence-corrected chi connectivity index (χ1v) is 7.08. The second kappa shape index (κ2) is 6.42. The Kier molecular flexibility index (Phi) is 5.52. The molecule has 0 radical (unpaired) electrons. The lowest BCUT2D eigenvalue weighted by Gasteiger charge is -2.22. The summed E-state index contributed by atoms with van der Waals surface area (Å²) in [4.78, 5) is 0. The summed E-state index contributed by atoms with van der Waals surface area (Å²) in [5.41, 5.74) is 0. The van der Waals surface area contributed by atoms with Crippen LogP contribution in [0.4, 0.5) is 0 Å². The third-order valence-corrected chi connectivity index (χ3v) is 3.74. The van der Waals surface area contributed by atoms with E-state index in [-0.39, 0.29) is 11.8 Å². The third-order valence-electron chi connectivity index (χ3n) is 2.30. The minimum absolute atomic E-state index is 0.0367. The number of ether oxygens (including phenoxy) is 1. The van der Waals surface area contributed by atoms with Crippen LogP contribution < -0.4 is 10.0 Å². The van der Waals surface area contributed by atoms with Gasteiger partial charge in [0.1, 0.15) is 0 Å². The molecule has 1 aliphatic heterocycles. The molecule has 1 fully saturated rings. The lowest BCUT2D eigenvalue weighted by molar-refractivity contribution is 0.0774. The number of hydrogen-bond donors (Lipinski definition) is 2. The van der Waals surface area contributed by atoms with Gasteiger partial charge in [0.05, 0.1) is 12.4 Å². The van der Waals surface area contributed by atoms with Crippen LogP contribution in [0.25, 0.3) is 0 Å². The first kappa shape index (κ1) is 12.9. The second-order valence-electron chi connectivity index (χ2n) is 3.70. The Hall–Kier alpha value is -0.170. The highest BCUT2D eigenvalue weighted by atomic mass is 32.2. The molecule has 6 heteroatoms. The van der Waals surface area contributed by atoms with Gasteiger partial charge in [0.25, 0.3) is 0 Å². The maximum absolute atomic E-state index is 11.6. The highest BCUT2D eigenvalue weighted by Gasteiger charge is 2.19. The summed E-state index contributed by atoms with van der Waals surface area (Å²) in [7, 11) is -3.15. The molecule has 0 amide bonds. The van der Waals surface area contributed by atoms with E-state index in [0.717, 1.165) is 26.0 Å². The molecule has 1 rings (SSSR count). The molecule has 1 unspecified atom stereocenters. The van der Waals surface area contributed by atoms with Crippen LogP contribution >= 0.6 is 0 Å². The number of hydrogen-bond acceptors (Lipinski definition) is 4. The Morgan fingerprint density at radius 3 is 2.87 bits per heavy atom. The predicted molar refractivity (Wildman–Crippen MR) is 59.3 cm³/mol. The largest absolute Gasteiger partial charge is 0.380 e. The van der Waals surface area contributed by atoms with Gasteiger partial charge in [-0.25, -0.2) is 13.1 Å². The van der Waals surface area contributed by atoms with E-state index in [2.05, 4.69) is 10.0 Å². The minimum atomic E-state index is -3.15. The first-order chi connectivity index (χ1) is 7.14. The van der Waals surface area contributed by atoms with Gasteiger partial charge >= 0.3 is 0 Å². The van der Waals surface area contributed by atoms with E-state index in [1.165, 1.54) is 0 Å². The summed E-state index contributed by atoms with van der Waals surface area (Å²) in [5.74, 6) is 0.136. The van der Waals surface area contributed by atoms with Crippen molar-refractivity contribution in [2.24, 2.45) is 0 Å².